The van der Waals surface area contributed by atoms with Gasteiger partial charge in [0, 0.05) is 18.8 Å². The number of hydrogen-bond acceptors (Lipinski definition) is 3. The summed E-state index contributed by atoms with van der Waals surface area (Å²) in [5.74, 6) is -0.874. The molecule has 0 aromatic rings. The maximum atomic E-state index is 10.5. The van der Waals surface area contributed by atoms with Crippen LogP contribution in [0.4, 0.5) is 0 Å². The Morgan fingerprint density at radius 1 is 1.43 bits per heavy atom. The summed E-state index contributed by atoms with van der Waals surface area (Å²) in [5.41, 5.74) is 0. The van der Waals surface area contributed by atoms with Gasteiger partial charge in [0.2, 0.25) is 0 Å². The minimum atomic E-state index is -0.731. The fraction of sp³-hybridized carbons (Fsp3) is 0.900. The van der Waals surface area contributed by atoms with Crippen molar-refractivity contribution in [3.63, 3.8) is 0 Å². The average Bonchev–Trinajstić information content (AvgIpc) is 2.74. The third-order valence-corrected chi connectivity index (χ3v) is 3.18. The number of carbonyl (C=O) groups is 1. The molecule has 4 nitrogen and oxygen atoms in total. The zero-order chi connectivity index (χ0) is 10.0. The molecule has 0 aromatic carbocycles. The molecule has 1 unspecified atom stereocenters. The predicted molar refractivity (Wildman–Crippen MR) is 48.8 cm³/mol. The summed E-state index contributed by atoms with van der Waals surface area (Å²) in [4.78, 5) is 10.5. The molecule has 1 aliphatic carbocycles. The molecule has 80 valence electrons. The smallest absolute Gasteiger partial charge is 0.303 e. The van der Waals surface area contributed by atoms with Crippen LogP contribution in [0.1, 0.15) is 32.1 Å². The molecule has 1 saturated carbocycles. The number of carboxylic acids is 1. The molecule has 2 aliphatic rings. The highest BCUT2D eigenvalue weighted by molar-refractivity contribution is 5.66. The van der Waals surface area contributed by atoms with Gasteiger partial charge in [-0.25, -0.2) is 0 Å². The van der Waals surface area contributed by atoms with Crippen LogP contribution in [0.15, 0.2) is 0 Å². The Morgan fingerprint density at radius 3 is 2.79 bits per heavy atom. The van der Waals surface area contributed by atoms with Gasteiger partial charge in [-0.05, 0) is 19.3 Å². The Balaban J connectivity index is 1.93. The summed E-state index contributed by atoms with van der Waals surface area (Å²) in [6.07, 6.45) is 3.95. The molecule has 2 rings (SSSR count). The van der Waals surface area contributed by atoms with E-state index in [2.05, 4.69) is 0 Å². The van der Waals surface area contributed by atoms with Gasteiger partial charge < -0.3 is 14.6 Å². The Bertz CT molecular complexity index is 215. The molecule has 1 atom stereocenters. The zero-order valence-corrected chi connectivity index (χ0v) is 8.20. The molecule has 1 saturated heterocycles. The molecule has 0 amide bonds. The summed E-state index contributed by atoms with van der Waals surface area (Å²) >= 11 is 0. The van der Waals surface area contributed by atoms with Gasteiger partial charge in [-0.3, -0.25) is 4.79 Å². The Hall–Kier alpha value is -0.610. The van der Waals surface area contributed by atoms with E-state index in [1.165, 1.54) is 0 Å². The minimum Gasteiger partial charge on any atom is -0.481 e. The van der Waals surface area contributed by atoms with Gasteiger partial charge in [0.1, 0.15) is 0 Å². The minimum absolute atomic E-state index is 0.221. The van der Waals surface area contributed by atoms with Crippen LogP contribution in [0, 0.1) is 5.92 Å². The van der Waals surface area contributed by atoms with Crippen LogP contribution in [0.5, 0.6) is 0 Å². The summed E-state index contributed by atoms with van der Waals surface area (Å²) in [6.45, 7) is 1.31. The first-order valence-electron chi connectivity index (χ1n) is 5.23. The van der Waals surface area contributed by atoms with Gasteiger partial charge in [-0.1, -0.05) is 0 Å². The predicted octanol–water partition coefficient (Wildman–Crippen LogP) is 1.39. The topological polar surface area (TPSA) is 55.8 Å². The number of ether oxygens (including phenoxy) is 2. The van der Waals surface area contributed by atoms with Crippen molar-refractivity contribution in [1.29, 1.82) is 0 Å². The summed E-state index contributed by atoms with van der Waals surface area (Å²) in [5, 5.41) is 8.62. The maximum Gasteiger partial charge on any atom is 0.303 e. The monoisotopic (exact) mass is 200 g/mol. The molecule has 0 aromatic heterocycles. The molecule has 0 bridgehead atoms. The van der Waals surface area contributed by atoms with E-state index in [1.807, 2.05) is 0 Å². The van der Waals surface area contributed by atoms with Crippen LogP contribution < -0.4 is 0 Å². The lowest BCUT2D eigenvalue weighted by Gasteiger charge is -2.28. The van der Waals surface area contributed by atoms with Crippen molar-refractivity contribution in [1.82, 2.24) is 0 Å². The van der Waals surface area contributed by atoms with Crippen LogP contribution in [0.2, 0.25) is 0 Å². The summed E-state index contributed by atoms with van der Waals surface area (Å²) in [7, 11) is 0. The lowest BCUT2D eigenvalue weighted by Crippen LogP contribution is -2.34. The Kier molecular flexibility index (Phi) is 2.74. The second-order valence-corrected chi connectivity index (χ2v) is 4.03. The molecule has 4 heteroatoms. The largest absolute Gasteiger partial charge is 0.481 e. The van der Waals surface area contributed by atoms with Crippen molar-refractivity contribution in [3.8, 4) is 0 Å². The van der Waals surface area contributed by atoms with E-state index in [4.69, 9.17) is 14.6 Å². The van der Waals surface area contributed by atoms with Crippen molar-refractivity contribution >= 4 is 5.97 Å². The van der Waals surface area contributed by atoms with E-state index in [9.17, 15) is 4.79 Å². The zero-order valence-electron chi connectivity index (χ0n) is 8.20. The van der Waals surface area contributed by atoms with Crippen molar-refractivity contribution in [2.75, 3.05) is 13.2 Å². The normalized spacial score (nSPS) is 29.9. The molecule has 1 aliphatic heterocycles. The maximum absolute atomic E-state index is 10.5. The Morgan fingerprint density at radius 2 is 2.14 bits per heavy atom. The van der Waals surface area contributed by atoms with Gasteiger partial charge in [0.25, 0.3) is 0 Å². The molecular weight excluding hydrogens is 184 g/mol. The van der Waals surface area contributed by atoms with E-state index in [-0.39, 0.29) is 12.3 Å². The SMILES string of the molecule is O=C(O)CCC1CCCC12OCCO2. The van der Waals surface area contributed by atoms with E-state index in [0.717, 1.165) is 19.3 Å². The first kappa shape index (κ1) is 9.93. The quantitative estimate of drug-likeness (QED) is 0.748. The van der Waals surface area contributed by atoms with E-state index >= 15 is 0 Å². The van der Waals surface area contributed by atoms with Gasteiger partial charge in [-0.15, -0.1) is 0 Å². The Labute approximate surface area is 83.2 Å². The third-order valence-electron chi connectivity index (χ3n) is 3.18. The molecular formula is C10H16O4. The molecule has 14 heavy (non-hydrogen) atoms. The van der Waals surface area contributed by atoms with Gasteiger partial charge in [-0.2, -0.15) is 0 Å². The first-order chi connectivity index (χ1) is 6.73. The number of aliphatic carboxylic acids is 1. The highest BCUT2D eigenvalue weighted by Crippen LogP contribution is 2.44. The van der Waals surface area contributed by atoms with E-state index < -0.39 is 11.8 Å². The van der Waals surface area contributed by atoms with Crippen molar-refractivity contribution in [2.24, 2.45) is 5.92 Å². The second-order valence-electron chi connectivity index (χ2n) is 4.03. The molecule has 1 N–H and O–H groups in total. The fourth-order valence-corrected chi connectivity index (χ4v) is 2.53. The average molecular weight is 200 g/mol. The number of hydrogen-bond donors (Lipinski definition) is 1. The van der Waals surface area contributed by atoms with Crippen molar-refractivity contribution < 1.29 is 19.4 Å². The van der Waals surface area contributed by atoms with Crippen LogP contribution in [-0.4, -0.2) is 30.1 Å². The van der Waals surface area contributed by atoms with E-state index in [0.29, 0.717) is 19.6 Å². The van der Waals surface area contributed by atoms with Gasteiger partial charge in [0.05, 0.1) is 13.2 Å². The molecule has 0 radical (unpaired) electrons. The number of rotatable bonds is 3. The van der Waals surface area contributed by atoms with Crippen LogP contribution in [-0.2, 0) is 14.3 Å². The van der Waals surface area contributed by atoms with Crippen LogP contribution in [0.3, 0.4) is 0 Å². The van der Waals surface area contributed by atoms with Crippen molar-refractivity contribution in [2.45, 2.75) is 37.9 Å². The van der Waals surface area contributed by atoms with Crippen LogP contribution in [0.25, 0.3) is 0 Å². The highest BCUT2D eigenvalue weighted by Gasteiger charge is 2.47. The highest BCUT2D eigenvalue weighted by atomic mass is 16.7. The third kappa shape index (κ3) is 1.77. The van der Waals surface area contributed by atoms with Gasteiger partial charge >= 0.3 is 5.97 Å². The first-order valence-corrected chi connectivity index (χ1v) is 5.23. The second kappa shape index (κ2) is 3.87. The standard InChI is InChI=1S/C10H16O4/c11-9(12)4-3-8-2-1-5-10(8)13-6-7-14-10/h8H,1-7H2,(H,11,12). The lowest BCUT2D eigenvalue weighted by molar-refractivity contribution is -0.183. The summed E-state index contributed by atoms with van der Waals surface area (Å²) in [6, 6.07) is 0. The number of carboxylic acid groups (broad SMARTS) is 1. The van der Waals surface area contributed by atoms with Crippen molar-refractivity contribution in [3.05, 3.63) is 0 Å². The van der Waals surface area contributed by atoms with E-state index in [1.54, 1.807) is 0 Å². The van der Waals surface area contributed by atoms with Gasteiger partial charge in [0.15, 0.2) is 5.79 Å². The molecule has 1 heterocycles. The summed E-state index contributed by atoms with van der Waals surface area (Å²) < 4.78 is 11.3. The fourth-order valence-electron chi connectivity index (χ4n) is 2.53. The van der Waals surface area contributed by atoms with Crippen LogP contribution >= 0.6 is 0 Å². The lowest BCUT2D eigenvalue weighted by atomic mass is 9.96. The molecule has 2 fully saturated rings. The molecule has 1 spiro atoms.